The Morgan fingerprint density at radius 3 is 2.35 bits per heavy atom. The topological polar surface area (TPSA) is 36.4 Å². The van der Waals surface area contributed by atoms with Gasteiger partial charge < -0.3 is 5.32 Å². The summed E-state index contributed by atoms with van der Waals surface area (Å²) in [6.45, 7) is 6.74. The van der Waals surface area contributed by atoms with E-state index in [1.807, 2.05) is 0 Å². The third-order valence-corrected chi connectivity index (χ3v) is 5.17. The normalized spacial score (nSPS) is 18.4. The van der Waals surface area contributed by atoms with Crippen molar-refractivity contribution in [2.75, 3.05) is 5.32 Å². The lowest BCUT2D eigenvalue weighted by Crippen LogP contribution is -2.29. The van der Waals surface area contributed by atoms with Crippen LogP contribution in [0.1, 0.15) is 52.0 Å². The predicted molar refractivity (Wildman–Crippen MR) is 105 cm³/mol. The van der Waals surface area contributed by atoms with Crippen LogP contribution in [0.3, 0.4) is 0 Å². The molecule has 1 aliphatic carbocycles. The first-order valence-corrected chi connectivity index (χ1v) is 9.24. The van der Waals surface area contributed by atoms with E-state index in [1.54, 1.807) is 0 Å². The minimum Gasteiger partial charge on any atom is -0.330 e. The van der Waals surface area contributed by atoms with Gasteiger partial charge in [-0.3, -0.25) is 5.43 Å². The average Bonchev–Trinajstić information content (AvgIpc) is 2.53. The second kappa shape index (κ2) is 8.13. The summed E-state index contributed by atoms with van der Waals surface area (Å²) in [4.78, 5) is 0. The molecular formula is C18H23ClF3N3S. The lowest BCUT2D eigenvalue weighted by Gasteiger charge is -2.34. The molecular weight excluding hydrogens is 383 g/mol. The molecule has 0 heterocycles. The lowest BCUT2D eigenvalue weighted by atomic mass is 9.72. The monoisotopic (exact) mass is 405 g/mol. The van der Waals surface area contributed by atoms with E-state index in [4.69, 9.17) is 23.8 Å². The summed E-state index contributed by atoms with van der Waals surface area (Å²) >= 11 is 11.1. The van der Waals surface area contributed by atoms with Crippen LogP contribution >= 0.6 is 23.8 Å². The van der Waals surface area contributed by atoms with Gasteiger partial charge in [-0.15, -0.1) is 0 Å². The van der Waals surface area contributed by atoms with Crippen molar-refractivity contribution >= 4 is 40.3 Å². The fourth-order valence-electron chi connectivity index (χ4n) is 3.01. The number of alkyl halides is 3. The number of nitrogens with zero attached hydrogens (tertiary/aromatic N) is 1. The van der Waals surface area contributed by atoms with E-state index in [0.717, 1.165) is 43.5 Å². The summed E-state index contributed by atoms with van der Waals surface area (Å²) in [7, 11) is 0. The number of hydrazone groups is 1. The van der Waals surface area contributed by atoms with Crippen molar-refractivity contribution in [3.05, 3.63) is 28.8 Å². The van der Waals surface area contributed by atoms with Crippen LogP contribution in [-0.2, 0) is 6.18 Å². The van der Waals surface area contributed by atoms with Crippen LogP contribution in [0.5, 0.6) is 0 Å². The predicted octanol–water partition coefficient (Wildman–Crippen LogP) is 6.24. The molecule has 0 atom stereocenters. The highest BCUT2D eigenvalue weighted by atomic mass is 35.5. The van der Waals surface area contributed by atoms with Gasteiger partial charge in [0, 0.05) is 5.71 Å². The molecule has 1 fully saturated rings. The van der Waals surface area contributed by atoms with Gasteiger partial charge in [0.2, 0.25) is 0 Å². The summed E-state index contributed by atoms with van der Waals surface area (Å²) in [5.74, 6) is 0.662. The van der Waals surface area contributed by atoms with Gasteiger partial charge in [0.15, 0.2) is 5.11 Å². The zero-order valence-corrected chi connectivity index (χ0v) is 16.6. The summed E-state index contributed by atoms with van der Waals surface area (Å²) in [6, 6.07) is 3.05. The molecule has 1 aromatic carbocycles. The standard InChI is InChI=1S/C18H23ClF3N3S/c1-17(2,3)11-4-7-13(8-5-11)24-25-16(26)23-15-10-12(18(20,21)22)6-9-14(15)19/h6,9-11H,4-5,7-8H2,1-3H3,(H2,23,25,26). The minimum atomic E-state index is -4.44. The molecule has 0 saturated heterocycles. The quantitative estimate of drug-likeness (QED) is 0.451. The van der Waals surface area contributed by atoms with Gasteiger partial charge in [0.05, 0.1) is 16.3 Å². The van der Waals surface area contributed by atoms with Gasteiger partial charge in [-0.2, -0.15) is 18.3 Å². The number of rotatable bonds is 2. The van der Waals surface area contributed by atoms with Crippen LogP contribution in [0.4, 0.5) is 18.9 Å². The number of hydrogen-bond acceptors (Lipinski definition) is 2. The van der Waals surface area contributed by atoms with E-state index in [-0.39, 0.29) is 21.2 Å². The highest BCUT2D eigenvalue weighted by molar-refractivity contribution is 7.80. The molecule has 2 N–H and O–H groups in total. The highest BCUT2D eigenvalue weighted by Gasteiger charge is 2.31. The van der Waals surface area contributed by atoms with Gasteiger partial charge in [0.1, 0.15) is 0 Å². The van der Waals surface area contributed by atoms with Crippen molar-refractivity contribution in [3.63, 3.8) is 0 Å². The van der Waals surface area contributed by atoms with E-state index in [0.29, 0.717) is 5.92 Å². The number of hydrogen-bond donors (Lipinski definition) is 2. The van der Waals surface area contributed by atoms with Crippen LogP contribution in [0.2, 0.25) is 5.02 Å². The Morgan fingerprint density at radius 1 is 1.19 bits per heavy atom. The second-order valence-corrected chi connectivity index (χ2v) is 8.39. The maximum Gasteiger partial charge on any atom is 0.416 e. The van der Waals surface area contributed by atoms with Crippen LogP contribution in [0, 0.1) is 11.3 Å². The molecule has 0 spiro atoms. The van der Waals surface area contributed by atoms with Crippen LogP contribution < -0.4 is 10.7 Å². The lowest BCUT2D eigenvalue weighted by molar-refractivity contribution is -0.137. The largest absolute Gasteiger partial charge is 0.416 e. The first-order chi connectivity index (χ1) is 12.0. The molecule has 0 aliphatic heterocycles. The van der Waals surface area contributed by atoms with Gasteiger partial charge >= 0.3 is 6.18 Å². The molecule has 2 rings (SSSR count). The molecule has 0 unspecified atom stereocenters. The molecule has 0 amide bonds. The molecule has 8 heteroatoms. The van der Waals surface area contributed by atoms with Crippen molar-refractivity contribution in [1.82, 2.24) is 5.43 Å². The molecule has 144 valence electrons. The fourth-order valence-corrected chi connectivity index (χ4v) is 3.33. The zero-order chi connectivity index (χ0) is 19.5. The maximum atomic E-state index is 12.8. The Morgan fingerprint density at radius 2 is 1.81 bits per heavy atom. The van der Waals surface area contributed by atoms with E-state index in [1.165, 1.54) is 6.07 Å². The Labute approximate surface area is 162 Å². The van der Waals surface area contributed by atoms with E-state index in [2.05, 4.69) is 36.6 Å². The maximum absolute atomic E-state index is 12.8. The molecule has 0 bridgehead atoms. The van der Waals surface area contributed by atoms with Crippen LogP contribution in [0.25, 0.3) is 0 Å². The highest BCUT2D eigenvalue weighted by Crippen LogP contribution is 2.37. The number of nitrogens with one attached hydrogen (secondary N) is 2. The van der Waals surface area contributed by atoms with Gasteiger partial charge in [-0.1, -0.05) is 32.4 Å². The summed E-state index contributed by atoms with van der Waals surface area (Å²) < 4.78 is 38.4. The number of benzene rings is 1. The van der Waals surface area contributed by atoms with Crippen LogP contribution in [-0.4, -0.2) is 10.8 Å². The van der Waals surface area contributed by atoms with Crippen molar-refractivity contribution in [2.45, 2.75) is 52.6 Å². The third-order valence-electron chi connectivity index (χ3n) is 4.64. The van der Waals surface area contributed by atoms with Crippen molar-refractivity contribution in [1.29, 1.82) is 0 Å². The minimum absolute atomic E-state index is 0.0932. The van der Waals surface area contributed by atoms with E-state index in [9.17, 15) is 13.2 Å². The Hall–Kier alpha value is -1.34. The van der Waals surface area contributed by atoms with E-state index >= 15 is 0 Å². The van der Waals surface area contributed by atoms with Crippen molar-refractivity contribution in [3.8, 4) is 0 Å². The molecule has 0 radical (unpaired) electrons. The molecule has 1 aromatic rings. The first kappa shape index (κ1) is 21.0. The SMILES string of the molecule is CC(C)(C)C1CCC(=NNC(=S)Nc2cc(C(F)(F)F)ccc2Cl)CC1. The molecule has 1 saturated carbocycles. The summed E-state index contributed by atoms with van der Waals surface area (Å²) in [5.41, 5.74) is 3.31. The smallest absolute Gasteiger partial charge is 0.330 e. The first-order valence-electron chi connectivity index (χ1n) is 8.46. The summed E-state index contributed by atoms with van der Waals surface area (Å²) in [5, 5.41) is 7.23. The van der Waals surface area contributed by atoms with Gasteiger partial charge in [0.25, 0.3) is 0 Å². The molecule has 0 aromatic heterocycles. The van der Waals surface area contributed by atoms with Crippen molar-refractivity contribution < 1.29 is 13.2 Å². The van der Waals surface area contributed by atoms with Crippen molar-refractivity contribution in [2.24, 2.45) is 16.4 Å². The number of anilines is 1. The Bertz CT molecular complexity index is 686. The fraction of sp³-hybridized carbons (Fsp3) is 0.556. The Kier molecular flexibility index (Phi) is 6.55. The summed E-state index contributed by atoms with van der Waals surface area (Å²) in [6.07, 6.45) is -0.515. The number of halogens is 4. The number of thiocarbonyl (C=S) groups is 1. The Balaban J connectivity index is 1.94. The van der Waals surface area contributed by atoms with Crippen LogP contribution in [0.15, 0.2) is 23.3 Å². The van der Waals surface area contributed by atoms with Gasteiger partial charge in [-0.25, -0.2) is 0 Å². The molecule has 26 heavy (non-hydrogen) atoms. The third kappa shape index (κ3) is 5.84. The second-order valence-electron chi connectivity index (χ2n) is 7.58. The molecule has 3 nitrogen and oxygen atoms in total. The zero-order valence-electron chi connectivity index (χ0n) is 15.0. The van der Waals surface area contributed by atoms with Gasteiger partial charge in [-0.05, 0) is 67.4 Å². The average molecular weight is 406 g/mol. The van der Waals surface area contributed by atoms with E-state index < -0.39 is 11.7 Å². The molecule has 1 aliphatic rings.